The van der Waals surface area contributed by atoms with Gasteiger partial charge in [0.25, 0.3) is 0 Å². The fraction of sp³-hybridized carbons (Fsp3) is 0.200. The third-order valence-corrected chi connectivity index (χ3v) is 3.96. The largest absolute Gasteiger partial charge is 0.348 e. The molecule has 0 saturated carbocycles. The zero-order valence-corrected chi connectivity index (χ0v) is 15.0. The Kier molecular flexibility index (Phi) is 6.78. The number of hydrogen-bond donors (Lipinski definition) is 2. The monoisotopic (exact) mass is 356 g/mol. The normalized spacial score (nSPS) is 13.2. The van der Waals surface area contributed by atoms with Crippen LogP contribution < -0.4 is 10.6 Å². The summed E-state index contributed by atoms with van der Waals surface area (Å²) in [5.74, 6) is -0.561. The predicted molar refractivity (Wildman–Crippen MR) is 101 cm³/mol. The summed E-state index contributed by atoms with van der Waals surface area (Å²) in [6.07, 6.45) is 3.12. The molecule has 130 valence electrons. The van der Waals surface area contributed by atoms with Crippen LogP contribution in [0.5, 0.6) is 0 Å². The smallest absolute Gasteiger partial charge is 0.244 e. The maximum absolute atomic E-state index is 12.2. The highest BCUT2D eigenvalue weighted by Crippen LogP contribution is 2.16. The molecule has 0 aliphatic carbocycles. The Hall–Kier alpha value is -2.59. The van der Waals surface area contributed by atoms with Crippen molar-refractivity contribution in [2.45, 2.75) is 25.9 Å². The second kappa shape index (κ2) is 9.04. The molecule has 0 bridgehead atoms. The molecule has 0 radical (unpaired) electrons. The molecule has 2 N–H and O–H groups in total. The second-order valence-corrected chi connectivity index (χ2v) is 6.19. The van der Waals surface area contributed by atoms with Crippen LogP contribution in [0.2, 0.25) is 5.02 Å². The number of nitrogens with one attached hydrogen (secondary N) is 2. The molecule has 2 unspecified atom stereocenters. The highest BCUT2D eigenvalue weighted by molar-refractivity contribution is 6.30. The lowest BCUT2D eigenvalue weighted by Crippen LogP contribution is -2.45. The van der Waals surface area contributed by atoms with Gasteiger partial charge in [-0.1, -0.05) is 54.1 Å². The molecule has 2 rings (SSSR count). The number of rotatable bonds is 6. The lowest BCUT2D eigenvalue weighted by molar-refractivity contribution is -0.127. The summed E-state index contributed by atoms with van der Waals surface area (Å²) in [6.45, 7) is 3.53. The minimum absolute atomic E-state index is 0.177. The summed E-state index contributed by atoms with van der Waals surface area (Å²) in [5, 5.41) is 6.18. The van der Waals surface area contributed by atoms with Crippen LogP contribution in [-0.4, -0.2) is 17.9 Å². The summed E-state index contributed by atoms with van der Waals surface area (Å²) < 4.78 is 0. The molecule has 0 saturated heterocycles. The summed E-state index contributed by atoms with van der Waals surface area (Å²) in [7, 11) is 0. The van der Waals surface area contributed by atoms with Crippen LogP contribution >= 0.6 is 11.6 Å². The van der Waals surface area contributed by atoms with E-state index in [-0.39, 0.29) is 17.9 Å². The standard InChI is InChI=1S/C20H21ClN2O2/c1-14(17-9-11-18(21)12-10-17)23-20(25)15(2)22-19(24)13-8-16-6-4-3-5-7-16/h3-15H,1-2H3,(H,22,24)(H,23,25)/b13-8+. The van der Waals surface area contributed by atoms with E-state index in [0.29, 0.717) is 5.02 Å². The van der Waals surface area contributed by atoms with Gasteiger partial charge in [-0.2, -0.15) is 0 Å². The molecule has 0 aromatic heterocycles. The molecule has 0 fully saturated rings. The summed E-state index contributed by atoms with van der Waals surface area (Å²) in [5.41, 5.74) is 1.87. The van der Waals surface area contributed by atoms with Crippen LogP contribution in [0.1, 0.15) is 31.0 Å². The van der Waals surface area contributed by atoms with E-state index in [1.807, 2.05) is 49.4 Å². The lowest BCUT2D eigenvalue weighted by Gasteiger charge is -2.18. The van der Waals surface area contributed by atoms with Gasteiger partial charge in [0.05, 0.1) is 6.04 Å². The van der Waals surface area contributed by atoms with Crippen molar-refractivity contribution in [3.63, 3.8) is 0 Å². The maximum Gasteiger partial charge on any atom is 0.244 e. The fourth-order valence-electron chi connectivity index (χ4n) is 2.24. The Labute approximate surface area is 152 Å². The fourth-order valence-corrected chi connectivity index (χ4v) is 2.36. The van der Waals surface area contributed by atoms with Gasteiger partial charge in [0.1, 0.15) is 6.04 Å². The summed E-state index contributed by atoms with van der Waals surface area (Å²) >= 11 is 5.86. The topological polar surface area (TPSA) is 58.2 Å². The van der Waals surface area contributed by atoms with E-state index < -0.39 is 6.04 Å². The highest BCUT2D eigenvalue weighted by Gasteiger charge is 2.17. The molecule has 25 heavy (non-hydrogen) atoms. The molecule has 5 heteroatoms. The average molecular weight is 357 g/mol. The van der Waals surface area contributed by atoms with Crippen LogP contribution in [0.3, 0.4) is 0 Å². The molecular formula is C20H21ClN2O2. The van der Waals surface area contributed by atoms with Crippen LogP contribution in [0.4, 0.5) is 0 Å². The van der Waals surface area contributed by atoms with Gasteiger partial charge in [0.15, 0.2) is 0 Å². The van der Waals surface area contributed by atoms with Crippen molar-refractivity contribution < 1.29 is 9.59 Å². The van der Waals surface area contributed by atoms with Gasteiger partial charge in [-0.05, 0) is 43.2 Å². The molecule has 2 aromatic rings. The van der Waals surface area contributed by atoms with E-state index in [1.54, 1.807) is 25.1 Å². The zero-order valence-electron chi connectivity index (χ0n) is 14.2. The Balaban J connectivity index is 1.86. The number of halogens is 1. The minimum Gasteiger partial charge on any atom is -0.348 e. The number of carbonyl (C=O) groups is 2. The molecule has 2 amide bonds. The molecule has 0 spiro atoms. The highest BCUT2D eigenvalue weighted by atomic mass is 35.5. The van der Waals surface area contributed by atoms with Crippen LogP contribution in [0, 0.1) is 0 Å². The summed E-state index contributed by atoms with van der Waals surface area (Å²) in [6, 6.07) is 16.0. The molecule has 2 atom stereocenters. The van der Waals surface area contributed by atoms with Crippen molar-refractivity contribution in [3.05, 3.63) is 76.8 Å². The van der Waals surface area contributed by atoms with Crippen molar-refractivity contribution in [3.8, 4) is 0 Å². The molecule has 0 heterocycles. The Morgan fingerprint density at radius 3 is 2.24 bits per heavy atom. The first kappa shape index (κ1) is 18.7. The van der Waals surface area contributed by atoms with Crippen molar-refractivity contribution in [1.29, 1.82) is 0 Å². The first-order valence-electron chi connectivity index (χ1n) is 8.05. The molecule has 2 aromatic carbocycles. The van der Waals surface area contributed by atoms with Crippen molar-refractivity contribution >= 4 is 29.5 Å². The van der Waals surface area contributed by atoms with Crippen LogP contribution in [-0.2, 0) is 9.59 Å². The van der Waals surface area contributed by atoms with Gasteiger partial charge < -0.3 is 10.6 Å². The van der Waals surface area contributed by atoms with Crippen molar-refractivity contribution in [2.75, 3.05) is 0 Å². The van der Waals surface area contributed by atoms with E-state index in [2.05, 4.69) is 10.6 Å². The van der Waals surface area contributed by atoms with E-state index >= 15 is 0 Å². The van der Waals surface area contributed by atoms with Gasteiger partial charge >= 0.3 is 0 Å². The Morgan fingerprint density at radius 2 is 1.60 bits per heavy atom. The van der Waals surface area contributed by atoms with Crippen molar-refractivity contribution in [1.82, 2.24) is 10.6 Å². The van der Waals surface area contributed by atoms with Gasteiger partial charge in [0.2, 0.25) is 11.8 Å². The molecule has 0 aliphatic heterocycles. The van der Waals surface area contributed by atoms with Crippen LogP contribution in [0.15, 0.2) is 60.7 Å². The van der Waals surface area contributed by atoms with Gasteiger partial charge in [-0.3, -0.25) is 9.59 Å². The number of hydrogen-bond acceptors (Lipinski definition) is 2. The SMILES string of the molecule is CC(NC(=O)/C=C/c1ccccc1)C(=O)NC(C)c1ccc(Cl)cc1. The quantitative estimate of drug-likeness (QED) is 0.775. The Bertz CT molecular complexity index is 742. The number of benzene rings is 2. The first-order chi connectivity index (χ1) is 12.0. The molecule has 0 aliphatic rings. The molecular weight excluding hydrogens is 336 g/mol. The van der Waals surface area contributed by atoms with Crippen LogP contribution in [0.25, 0.3) is 6.08 Å². The third kappa shape index (κ3) is 6.08. The van der Waals surface area contributed by atoms with E-state index in [4.69, 9.17) is 11.6 Å². The maximum atomic E-state index is 12.2. The number of carbonyl (C=O) groups excluding carboxylic acids is 2. The van der Waals surface area contributed by atoms with E-state index in [0.717, 1.165) is 11.1 Å². The van der Waals surface area contributed by atoms with Gasteiger partial charge in [-0.15, -0.1) is 0 Å². The predicted octanol–water partition coefficient (Wildman–Crippen LogP) is 3.74. The van der Waals surface area contributed by atoms with Gasteiger partial charge in [-0.25, -0.2) is 0 Å². The third-order valence-electron chi connectivity index (χ3n) is 3.71. The lowest BCUT2D eigenvalue weighted by atomic mass is 10.1. The first-order valence-corrected chi connectivity index (χ1v) is 8.43. The van der Waals surface area contributed by atoms with E-state index in [1.165, 1.54) is 6.08 Å². The van der Waals surface area contributed by atoms with E-state index in [9.17, 15) is 9.59 Å². The Morgan fingerprint density at radius 1 is 0.960 bits per heavy atom. The summed E-state index contributed by atoms with van der Waals surface area (Å²) in [4.78, 5) is 24.2. The average Bonchev–Trinajstić information content (AvgIpc) is 2.61. The second-order valence-electron chi connectivity index (χ2n) is 5.76. The van der Waals surface area contributed by atoms with Gasteiger partial charge in [0, 0.05) is 11.1 Å². The zero-order chi connectivity index (χ0) is 18.2. The number of amides is 2. The minimum atomic E-state index is -0.636. The molecule has 4 nitrogen and oxygen atoms in total. The van der Waals surface area contributed by atoms with Crippen molar-refractivity contribution in [2.24, 2.45) is 0 Å².